The van der Waals surface area contributed by atoms with Crippen LogP contribution in [0.1, 0.15) is 59.8 Å². The van der Waals surface area contributed by atoms with E-state index in [2.05, 4.69) is 27.7 Å². The minimum atomic E-state index is 0.125. The molecule has 1 N–H and O–H groups in total. The Kier molecular flexibility index (Phi) is 6.40. The van der Waals surface area contributed by atoms with Crippen molar-refractivity contribution in [3.8, 4) is 0 Å². The normalized spacial score (nSPS) is 14.5. The summed E-state index contributed by atoms with van der Waals surface area (Å²) in [6, 6.07) is 0. The van der Waals surface area contributed by atoms with Crippen LogP contribution in [-0.4, -0.2) is 11.7 Å². The largest absolute Gasteiger partial charge is 0.396 e. The molecule has 0 fully saturated rings. The number of aliphatic hydroxyl groups excluding tert-OH is 1. The van der Waals surface area contributed by atoms with Crippen molar-refractivity contribution in [1.29, 1.82) is 0 Å². The first-order valence-electron chi connectivity index (χ1n) is 5.62. The number of hydrogen-bond donors (Lipinski definition) is 1. The van der Waals surface area contributed by atoms with Gasteiger partial charge in [-0.05, 0) is 17.8 Å². The molecule has 0 aliphatic carbocycles. The lowest BCUT2D eigenvalue weighted by Crippen LogP contribution is -2.17. The highest BCUT2D eigenvalue weighted by atomic mass is 16.3. The maximum absolute atomic E-state index is 9.08. The molecule has 0 amide bonds. The van der Waals surface area contributed by atoms with Crippen LogP contribution in [0.15, 0.2) is 0 Å². The highest BCUT2D eigenvalue weighted by Gasteiger charge is 2.17. The zero-order chi connectivity index (χ0) is 10.3. The van der Waals surface area contributed by atoms with Crippen molar-refractivity contribution in [3.63, 3.8) is 0 Å². The number of unbranched alkanes of at least 4 members (excludes halogenated alkanes) is 1. The second-order valence-corrected chi connectivity index (χ2v) is 5.11. The summed E-state index contributed by atoms with van der Waals surface area (Å²) < 4.78 is 0. The van der Waals surface area contributed by atoms with Gasteiger partial charge in [0.05, 0.1) is 0 Å². The molecule has 0 rings (SSSR count). The molecule has 0 aromatic heterocycles. The molecular weight excluding hydrogens is 160 g/mol. The first-order chi connectivity index (χ1) is 6.02. The van der Waals surface area contributed by atoms with Crippen LogP contribution < -0.4 is 0 Å². The van der Waals surface area contributed by atoms with Crippen LogP contribution in [0.3, 0.4) is 0 Å². The fourth-order valence-electron chi connectivity index (χ4n) is 1.41. The zero-order valence-electron chi connectivity index (χ0n) is 9.77. The lowest BCUT2D eigenvalue weighted by atomic mass is 9.85. The van der Waals surface area contributed by atoms with E-state index in [4.69, 9.17) is 5.11 Å². The first kappa shape index (κ1) is 13.0. The van der Waals surface area contributed by atoms with Crippen molar-refractivity contribution in [2.75, 3.05) is 6.61 Å². The summed E-state index contributed by atoms with van der Waals surface area (Å²) in [6.45, 7) is 9.15. The predicted octanol–water partition coefficient (Wildman–Crippen LogP) is 3.61. The maximum atomic E-state index is 9.08. The lowest BCUT2D eigenvalue weighted by molar-refractivity contribution is 0.141. The zero-order valence-corrected chi connectivity index (χ0v) is 9.77. The highest BCUT2D eigenvalue weighted by Crippen LogP contribution is 2.25. The first-order valence-corrected chi connectivity index (χ1v) is 5.62. The van der Waals surface area contributed by atoms with Gasteiger partial charge in [0, 0.05) is 6.61 Å². The number of hydrogen-bond acceptors (Lipinski definition) is 1. The molecule has 0 heterocycles. The van der Waals surface area contributed by atoms with Crippen LogP contribution in [0.25, 0.3) is 0 Å². The van der Waals surface area contributed by atoms with Crippen LogP contribution in [-0.2, 0) is 0 Å². The van der Waals surface area contributed by atoms with Gasteiger partial charge in [0.2, 0.25) is 0 Å². The summed E-state index contributed by atoms with van der Waals surface area (Å²) in [6.07, 6.45) is 6.40. The van der Waals surface area contributed by atoms with Crippen molar-refractivity contribution in [2.24, 2.45) is 11.3 Å². The summed E-state index contributed by atoms with van der Waals surface area (Å²) in [5.74, 6) is 0.825. The molecule has 0 bridgehead atoms. The molecule has 0 radical (unpaired) electrons. The summed E-state index contributed by atoms with van der Waals surface area (Å²) in [7, 11) is 0. The molecule has 80 valence electrons. The Morgan fingerprint density at radius 2 is 1.85 bits per heavy atom. The van der Waals surface area contributed by atoms with Crippen LogP contribution in [0.4, 0.5) is 0 Å². The van der Waals surface area contributed by atoms with E-state index in [1.807, 2.05) is 0 Å². The summed E-state index contributed by atoms with van der Waals surface area (Å²) in [4.78, 5) is 0. The maximum Gasteiger partial charge on any atom is 0.0482 e. The monoisotopic (exact) mass is 186 g/mol. The molecule has 0 aromatic carbocycles. The van der Waals surface area contributed by atoms with Crippen LogP contribution in [0.5, 0.6) is 0 Å². The average molecular weight is 186 g/mol. The van der Waals surface area contributed by atoms with Gasteiger partial charge in [0.15, 0.2) is 0 Å². The minimum Gasteiger partial charge on any atom is -0.396 e. The van der Waals surface area contributed by atoms with Gasteiger partial charge in [-0.1, -0.05) is 53.4 Å². The van der Waals surface area contributed by atoms with Crippen molar-refractivity contribution in [1.82, 2.24) is 0 Å². The summed E-state index contributed by atoms with van der Waals surface area (Å²) in [5.41, 5.74) is 0.125. The summed E-state index contributed by atoms with van der Waals surface area (Å²) in [5, 5.41) is 9.08. The topological polar surface area (TPSA) is 20.2 Å². The molecular formula is C12H26O. The van der Waals surface area contributed by atoms with E-state index in [1.54, 1.807) is 0 Å². The molecule has 0 saturated carbocycles. The molecule has 1 nitrogen and oxygen atoms in total. The SMILES string of the molecule is CCCCC(C)CCC(C)(C)CO. The van der Waals surface area contributed by atoms with Gasteiger partial charge in [-0.3, -0.25) is 0 Å². The van der Waals surface area contributed by atoms with Crippen molar-refractivity contribution in [2.45, 2.75) is 59.8 Å². The Morgan fingerprint density at radius 1 is 1.23 bits per heavy atom. The Labute approximate surface area is 83.5 Å². The minimum absolute atomic E-state index is 0.125. The second-order valence-electron chi connectivity index (χ2n) is 5.11. The third kappa shape index (κ3) is 7.06. The predicted molar refractivity (Wildman–Crippen MR) is 58.8 cm³/mol. The van der Waals surface area contributed by atoms with E-state index < -0.39 is 0 Å². The second kappa shape index (κ2) is 6.42. The van der Waals surface area contributed by atoms with E-state index in [0.29, 0.717) is 6.61 Å². The molecule has 1 atom stereocenters. The van der Waals surface area contributed by atoms with Crippen LogP contribution in [0.2, 0.25) is 0 Å². The van der Waals surface area contributed by atoms with E-state index in [0.717, 1.165) is 12.3 Å². The molecule has 0 aliphatic heterocycles. The highest BCUT2D eigenvalue weighted by molar-refractivity contribution is 4.68. The fourth-order valence-corrected chi connectivity index (χ4v) is 1.41. The molecule has 0 spiro atoms. The van der Waals surface area contributed by atoms with Gasteiger partial charge < -0.3 is 5.11 Å². The Morgan fingerprint density at radius 3 is 2.31 bits per heavy atom. The van der Waals surface area contributed by atoms with Crippen LogP contribution in [0, 0.1) is 11.3 Å². The standard InChI is InChI=1S/C12H26O/c1-5-6-7-11(2)8-9-12(3,4)10-13/h11,13H,5-10H2,1-4H3. The number of rotatable bonds is 7. The molecule has 1 unspecified atom stereocenters. The molecule has 0 aromatic rings. The Balaban J connectivity index is 3.51. The molecule has 13 heavy (non-hydrogen) atoms. The van der Waals surface area contributed by atoms with Gasteiger partial charge in [0.25, 0.3) is 0 Å². The third-order valence-corrected chi connectivity index (χ3v) is 2.79. The third-order valence-electron chi connectivity index (χ3n) is 2.79. The average Bonchev–Trinajstić information content (AvgIpc) is 2.11. The van der Waals surface area contributed by atoms with Crippen molar-refractivity contribution < 1.29 is 5.11 Å². The van der Waals surface area contributed by atoms with E-state index in [9.17, 15) is 0 Å². The van der Waals surface area contributed by atoms with Crippen molar-refractivity contribution >= 4 is 0 Å². The van der Waals surface area contributed by atoms with Crippen molar-refractivity contribution in [3.05, 3.63) is 0 Å². The van der Waals surface area contributed by atoms with Gasteiger partial charge in [-0.2, -0.15) is 0 Å². The molecule has 0 aliphatic rings. The molecule has 0 saturated heterocycles. The summed E-state index contributed by atoms with van der Waals surface area (Å²) >= 11 is 0. The van der Waals surface area contributed by atoms with Gasteiger partial charge in [-0.25, -0.2) is 0 Å². The quantitative estimate of drug-likeness (QED) is 0.644. The lowest BCUT2D eigenvalue weighted by Gasteiger charge is -2.23. The van der Waals surface area contributed by atoms with Gasteiger partial charge in [-0.15, -0.1) is 0 Å². The Hall–Kier alpha value is -0.0400. The van der Waals surface area contributed by atoms with Gasteiger partial charge in [0.1, 0.15) is 0 Å². The number of aliphatic hydroxyl groups is 1. The smallest absolute Gasteiger partial charge is 0.0482 e. The van der Waals surface area contributed by atoms with E-state index in [-0.39, 0.29) is 5.41 Å². The van der Waals surface area contributed by atoms with Crippen LogP contribution >= 0.6 is 0 Å². The Bertz CT molecular complexity index is 118. The molecule has 1 heteroatoms. The van der Waals surface area contributed by atoms with E-state index in [1.165, 1.54) is 25.7 Å². The van der Waals surface area contributed by atoms with Gasteiger partial charge >= 0.3 is 0 Å². The fraction of sp³-hybridized carbons (Fsp3) is 1.00. The van der Waals surface area contributed by atoms with E-state index >= 15 is 0 Å².